The number of hydrogen-bond donors (Lipinski definition) is 1. The van der Waals surface area contributed by atoms with E-state index in [0.29, 0.717) is 38.7 Å². The maximum atomic E-state index is 12.9. The SMILES string of the molecule is CCOC(=O)N1CCN(c2nccc(C(=O)NCc3ccc(F)cc3)n2)CC1. The number of aromatic nitrogens is 2. The molecule has 2 amide bonds. The molecule has 0 spiro atoms. The van der Waals surface area contributed by atoms with Gasteiger partial charge in [-0.25, -0.2) is 19.2 Å². The minimum absolute atomic E-state index is 0.250. The Balaban J connectivity index is 1.57. The van der Waals surface area contributed by atoms with Crippen molar-refractivity contribution < 1.29 is 18.7 Å². The maximum Gasteiger partial charge on any atom is 0.409 e. The third kappa shape index (κ3) is 4.93. The molecule has 8 nitrogen and oxygen atoms in total. The van der Waals surface area contributed by atoms with Gasteiger partial charge in [-0.05, 0) is 30.7 Å². The highest BCUT2D eigenvalue weighted by molar-refractivity contribution is 5.92. The summed E-state index contributed by atoms with van der Waals surface area (Å²) in [5, 5.41) is 2.76. The number of nitrogens with one attached hydrogen (secondary N) is 1. The molecule has 0 saturated carbocycles. The van der Waals surface area contributed by atoms with Crippen LogP contribution in [0.15, 0.2) is 36.5 Å². The second kappa shape index (κ2) is 9.12. The Hall–Kier alpha value is -3.23. The van der Waals surface area contributed by atoms with E-state index in [9.17, 15) is 14.0 Å². The van der Waals surface area contributed by atoms with Gasteiger partial charge in [0.25, 0.3) is 5.91 Å². The molecule has 3 rings (SSSR count). The molecule has 0 atom stereocenters. The first-order valence-electron chi connectivity index (χ1n) is 9.09. The molecule has 1 aromatic heterocycles. The number of ether oxygens (including phenoxy) is 1. The van der Waals surface area contributed by atoms with E-state index in [-0.39, 0.29) is 30.1 Å². The second-order valence-corrected chi connectivity index (χ2v) is 6.22. The smallest absolute Gasteiger partial charge is 0.409 e. The molecule has 9 heteroatoms. The van der Waals surface area contributed by atoms with Crippen LogP contribution in [-0.2, 0) is 11.3 Å². The summed E-state index contributed by atoms with van der Waals surface area (Å²) in [7, 11) is 0. The lowest BCUT2D eigenvalue weighted by Crippen LogP contribution is -2.49. The summed E-state index contributed by atoms with van der Waals surface area (Å²) in [4.78, 5) is 36.3. The number of benzene rings is 1. The fraction of sp³-hybridized carbons (Fsp3) is 0.368. The van der Waals surface area contributed by atoms with Crippen LogP contribution in [-0.4, -0.2) is 59.7 Å². The molecular formula is C19H22FN5O3. The van der Waals surface area contributed by atoms with Crippen LogP contribution < -0.4 is 10.2 Å². The van der Waals surface area contributed by atoms with Crippen LogP contribution in [0.5, 0.6) is 0 Å². The van der Waals surface area contributed by atoms with Crippen molar-refractivity contribution in [2.24, 2.45) is 0 Å². The Labute approximate surface area is 162 Å². The largest absolute Gasteiger partial charge is 0.450 e. The fourth-order valence-electron chi connectivity index (χ4n) is 2.81. The molecule has 2 aromatic rings. The zero-order chi connectivity index (χ0) is 19.9. The minimum atomic E-state index is -0.335. The molecular weight excluding hydrogens is 365 g/mol. The summed E-state index contributed by atoms with van der Waals surface area (Å²) >= 11 is 0. The quantitative estimate of drug-likeness (QED) is 0.842. The van der Waals surface area contributed by atoms with Crippen molar-refractivity contribution in [1.82, 2.24) is 20.2 Å². The normalized spacial score (nSPS) is 13.9. The fourth-order valence-corrected chi connectivity index (χ4v) is 2.81. The van der Waals surface area contributed by atoms with E-state index in [4.69, 9.17) is 4.74 Å². The molecule has 0 bridgehead atoms. The molecule has 0 aliphatic carbocycles. The molecule has 1 aliphatic rings. The number of hydrogen-bond acceptors (Lipinski definition) is 6. The van der Waals surface area contributed by atoms with E-state index in [1.165, 1.54) is 18.3 Å². The third-order valence-corrected chi connectivity index (χ3v) is 4.33. The highest BCUT2D eigenvalue weighted by Gasteiger charge is 2.23. The van der Waals surface area contributed by atoms with Crippen LogP contribution >= 0.6 is 0 Å². The molecule has 2 heterocycles. The van der Waals surface area contributed by atoms with Crippen LogP contribution in [0.3, 0.4) is 0 Å². The minimum Gasteiger partial charge on any atom is -0.450 e. The highest BCUT2D eigenvalue weighted by atomic mass is 19.1. The molecule has 1 aliphatic heterocycles. The first-order valence-corrected chi connectivity index (χ1v) is 9.09. The van der Waals surface area contributed by atoms with Crippen LogP contribution in [0.2, 0.25) is 0 Å². The summed E-state index contributed by atoms with van der Waals surface area (Å²) in [6.45, 7) is 4.51. The Morgan fingerprint density at radius 3 is 2.54 bits per heavy atom. The number of amides is 2. The van der Waals surface area contributed by atoms with Crippen LogP contribution in [0, 0.1) is 5.82 Å². The number of rotatable bonds is 5. The topological polar surface area (TPSA) is 87.7 Å². The lowest BCUT2D eigenvalue weighted by atomic mass is 10.2. The number of piperazine rings is 1. The molecule has 0 unspecified atom stereocenters. The van der Waals surface area contributed by atoms with Gasteiger partial charge in [-0.3, -0.25) is 4.79 Å². The van der Waals surface area contributed by atoms with Crippen LogP contribution in [0.4, 0.5) is 15.1 Å². The molecule has 1 fully saturated rings. The predicted molar refractivity (Wildman–Crippen MR) is 100 cm³/mol. The van der Waals surface area contributed by atoms with Gasteiger partial charge in [0.05, 0.1) is 6.61 Å². The van der Waals surface area contributed by atoms with Gasteiger partial charge in [-0.15, -0.1) is 0 Å². The lowest BCUT2D eigenvalue weighted by molar-refractivity contribution is 0.0945. The molecule has 148 valence electrons. The molecule has 28 heavy (non-hydrogen) atoms. The van der Waals surface area contributed by atoms with Gasteiger partial charge >= 0.3 is 6.09 Å². The van der Waals surface area contributed by atoms with Gasteiger partial charge in [-0.2, -0.15) is 0 Å². The Morgan fingerprint density at radius 2 is 1.86 bits per heavy atom. The first kappa shape index (κ1) is 19.5. The van der Waals surface area contributed by atoms with E-state index >= 15 is 0 Å². The summed E-state index contributed by atoms with van der Waals surface area (Å²) in [6, 6.07) is 7.47. The summed E-state index contributed by atoms with van der Waals surface area (Å²) in [5.41, 5.74) is 1.04. The number of halogens is 1. The van der Waals surface area contributed by atoms with Crippen molar-refractivity contribution in [2.45, 2.75) is 13.5 Å². The van der Waals surface area contributed by atoms with Crippen molar-refractivity contribution >= 4 is 17.9 Å². The van der Waals surface area contributed by atoms with E-state index in [0.717, 1.165) is 5.56 Å². The van der Waals surface area contributed by atoms with Gasteiger partial charge in [0.1, 0.15) is 11.5 Å². The van der Waals surface area contributed by atoms with Gasteiger partial charge in [0.2, 0.25) is 5.95 Å². The Bertz CT molecular complexity index is 823. The Kier molecular flexibility index (Phi) is 6.36. The highest BCUT2D eigenvalue weighted by Crippen LogP contribution is 2.12. The van der Waals surface area contributed by atoms with Crippen molar-refractivity contribution in [3.63, 3.8) is 0 Å². The van der Waals surface area contributed by atoms with Crippen molar-refractivity contribution in [3.8, 4) is 0 Å². The van der Waals surface area contributed by atoms with Crippen molar-refractivity contribution in [3.05, 3.63) is 53.6 Å². The average Bonchev–Trinajstić information content (AvgIpc) is 2.73. The average molecular weight is 387 g/mol. The lowest BCUT2D eigenvalue weighted by Gasteiger charge is -2.34. The summed E-state index contributed by atoms with van der Waals surface area (Å²) in [5.74, 6) is -0.213. The second-order valence-electron chi connectivity index (χ2n) is 6.22. The number of carbonyl (C=O) groups is 2. The molecule has 1 N–H and O–H groups in total. The zero-order valence-electron chi connectivity index (χ0n) is 15.6. The third-order valence-electron chi connectivity index (χ3n) is 4.33. The number of nitrogens with zero attached hydrogens (tertiary/aromatic N) is 4. The van der Waals surface area contributed by atoms with E-state index in [2.05, 4.69) is 15.3 Å². The van der Waals surface area contributed by atoms with E-state index in [1.807, 2.05) is 4.90 Å². The summed E-state index contributed by atoms with van der Waals surface area (Å²) in [6.07, 6.45) is 1.21. The van der Waals surface area contributed by atoms with E-state index < -0.39 is 0 Å². The number of carbonyl (C=O) groups excluding carboxylic acids is 2. The number of anilines is 1. The molecule has 1 saturated heterocycles. The van der Waals surface area contributed by atoms with Crippen LogP contribution in [0.25, 0.3) is 0 Å². The van der Waals surface area contributed by atoms with Gasteiger partial charge < -0.3 is 19.9 Å². The Morgan fingerprint density at radius 1 is 1.14 bits per heavy atom. The van der Waals surface area contributed by atoms with E-state index in [1.54, 1.807) is 30.0 Å². The summed E-state index contributed by atoms with van der Waals surface area (Å²) < 4.78 is 17.9. The molecule has 1 aromatic carbocycles. The standard InChI is InChI=1S/C19H22FN5O3/c1-2-28-19(27)25-11-9-24(10-12-25)18-21-8-7-16(23-18)17(26)22-13-14-3-5-15(20)6-4-14/h3-8H,2,9-13H2,1H3,(H,22,26). The van der Waals surface area contributed by atoms with Gasteiger partial charge in [-0.1, -0.05) is 12.1 Å². The van der Waals surface area contributed by atoms with Crippen molar-refractivity contribution in [1.29, 1.82) is 0 Å². The van der Waals surface area contributed by atoms with Gasteiger partial charge in [0.15, 0.2) is 0 Å². The predicted octanol–water partition coefficient (Wildman–Crippen LogP) is 1.82. The molecule has 0 radical (unpaired) electrons. The maximum absolute atomic E-state index is 12.9. The monoisotopic (exact) mass is 387 g/mol. The first-order chi connectivity index (χ1) is 13.6. The van der Waals surface area contributed by atoms with Gasteiger partial charge in [0, 0.05) is 38.9 Å². The van der Waals surface area contributed by atoms with Crippen LogP contribution in [0.1, 0.15) is 23.0 Å². The zero-order valence-corrected chi connectivity index (χ0v) is 15.6. The van der Waals surface area contributed by atoms with Crippen molar-refractivity contribution in [2.75, 3.05) is 37.7 Å².